The minimum atomic E-state index is 0.0690. The van der Waals surface area contributed by atoms with Crippen LogP contribution in [0.2, 0.25) is 0 Å². The van der Waals surface area contributed by atoms with Crippen LogP contribution in [-0.4, -0.2) is 0 Å². The normalized spacial score (nSPS) is 11.0. The van der Waals surface area contributed by atoms with E-state index in [0.717, 1.165) is 42.6 Å². The van der Waals surface area contributed by atoms with Gasteiger partial charge in [-0.2, -0.15) is 0 Å². The van der Waals surface area contributed by atoms with Crippen LogP contribution < -0.4 is 5.43 Å². The number of para-hydroxylation sites is 1. The molecule has 112 valence electrons. The van der Waals surface area contributed by atoms with Crippen LogP contribution in [0.1, 0.15) is 31.9 Å². The van der Waals surface area contributed by atoms with E-state index in [9.17, 15) is 4.79 Å². The van der Waals surface area contributed by atoms with Crippen LogP contribution in [0.15, 0.2) is 63.8 Å². The first kappa shape index (κ1) is 14.6. The quantitative estimate of drug-likeness (QED) is 0.605. The molecule has 0 atom stereocenters. The number of unbranched alkanes of at least 4 members (excludes halogenated alkanes) is 2. The van der Waals surface area contributed by atoms with Crippen molar-refractivity contribution in [3.8, 4) is 11.1 Å². The van der Waals surface area contributed by atoms with Crippen LogP contribution >= 0.6 is 0 Å². The van der Waals surface area contributed by atoms with Gasteiger partial charge in [-0.15, -0.1) is 0 Å². The molecule has 0 bridgehead atoms. The van der Waals surface area contributed by atoms with Crippen molar-refractivity contribution in [2.75, 3.05) is 0 Å². The highest BCUT2D eigenvalue weighted by atomic mass is 16.3. The summed E-state index contributed by atoms with van der Waals surface area (Å²) in [6, 6.07) is 17.3. The van der Waals surface area contributed by atoms with Gasteiger partial charge in [-0.25, -0.2) is 0 Å². The Hall–Kier alpha value is -2.35. The molecule has 2 heteroatoms. The summed E-state index contributed by atoms with van der Waals surface area (Å²) in [4.78, 5) is 12.9. The molecular formula is C20H20O2. The van der Waals surface area contributed by atoms with E-state index in [-0.39, 0.29) is 5.43 Å². The first-order valence-corrected chi connectivity index (χ1v) is 7.91. The van der Waals surface area contributed by atoms with Gasteiger partial charge in [0.2, 0.25) is 5.43 Å². The molecular weight excluding hydrogens is 272 g/mol. The summed E-state index contributed by atoms with van der Waals surface area (Å²) in [5.41, 5.74) is 2.40. The average Bonchev–Trinajstić information content (AvgIpc) is 2.56. The molecule has 0 unspecified atom stereocenters. The van der Waals surface area contributed by atoms with E-state index >= 15 is 0 Å². The second-order valence-corrected chi connectivity index (χ2v) is 5.55. The zero-order valence-corrected chi connectivity index (χ0v) is 12.8. The van der Waals surface area contributed by atoms with Crippen LogP contribution in [0.25, 0.3) is 22.1 Å². The van der Waals surface area contributed by atoms with E-state index in [1.165, 1.54) is 0 Å². The van der Waals surface area contributed by atoms with Gasteiger partial charge in [-0.05, 0) is 24.1 Å². The first-order valence-electron chi connectivity index (χ1n) is 7.91. The van der Waals surface area contributed by atoms with Crippen LogP contribution in [0.4, 0.5) is 0 Å². The van der Waals surface area contributed by atoms with Crippen molar-refractivity contribution in [3.05, 3.63) is 70.6 Å². The fourth-order valence-corrected chi connectivity index (χ4v) is 2.80. The van der Waals surface area contributed by atoms with Gasteiger partial charge in [0, 0.05) is 6.42 Å². The van der Waals surface area contributed by atoms with Crippen molar-refractivity contribution in [1.29, 1.82) is 0 Å². The molecule has 0 saturated heterocycles. The molecule has 2 nitrogen and oxygen atoms in total. The van der Waals surface area contributed by atoms with Crippen molar-refractivity contribution in [3.63, 3.8) is 0 Å². The van der Waals surface area contributed by atoms with Crippen LogP contribution in [-0.2, 0) is 6.42 Å². The molecule has 2 aromatic carbocycles. The Balaban J connectivity index is 2.20. The van der Waals surface area contributed by atoms with E-state index in [2.05, 4.69) is 6.92 Å². The molecule has 1 heterocycles. The Morgan fingerprint density at radius 1 is 0.909 bits per heavy atom. The Kier molecular flexibility index (Phi) is 4.38. The number of hydrogen-bond donors (Lipinski definition) is 0. The van der Waals surface area contributed by atoms with Gasteiger partial charge >= 0.3 is 0 Å². The van der Waals surface area contributed by atoms with Gasteiger partial charge in [-0.3, -0.25) is 4.79 Å². The Labute approximate surface area is 130 Å². The zero-order chi connectivity index (χ0) is 15.4. The van der Waals surface area contributed by atoms with E-state index in [1.807, 2.05) is 54.6 Å². The van der Waals surface area contributed by atoms with Crippen molar-refractivity contribution >= 4 is 11.0 Å². The highest BCUT2D eigenvalue weighted by molar-refractivity contribution is 5.82. The molecule has 0 fully saturated rings. The number of benzene rings is 2. The summed E-state index contributed by atoms with van der Waals surface area (Å²) in [6.07, 6.45) is 4.14. The lowest BCUT2D eigenvalue weighted by atomic mass is 9.99. The second-order valence-electron chi connectivity index (χ2n) is 5.55. The van der Waals surface area contributed by atoms with Crippen molar-refractivity contribution < 1.29 is 4.42 Å². The fraction of sp³-hybridized carbons (Fsp3) is 0.250. The molecule has 0 aliphatic heterocycles. The largest absolute Gasteiger partial charge is 0.460 e. The predicted octanol–water partition coefficient (Wildman–Crippen LogP) is 5.19. The summed E-state index contributed by atoms with van der Waals surface area (Å²) in [6.45, 7) is 2.18. The molecule has 0 spiro atoms. The van der Waals surface area contributed by atoms with Gasteiger partial charge in [0.05, 0.1) is 10.9 Å². The highest BCUT2D eigenvalue weighted by Gasteiger charge is 2.15. The number of rotatable bonds is 5. The minimum Gasteiger partial charge on any atom is -0.460 e. The third-order valence-corrected chi connectivity index (χ3v) is 3.94. The molecule has 22 heavy (non-hydrogen) atoms. The maximum Gasteiger partial charge on any atom is 0.200 e. The molecule has 1 aromatic heterocycles. The average molecular weight is 292 g/mol. The molecule has 0 saturated carbocycles. The van der Waals surface area contributed by atoms with Crippen LogP contribution in [0.5, 0.6) is 0 Å². The third kappa shape index (κ3) is 2.82. The van der Waals surface area contributed by atoms with Gasteiger partial charge in [-0.1, -0.05) is 62.2 Å². The summed E-state index contributed by atoms with van der Waals surface area (Å²) >= 11 is 0. The standard InChI is InChI=1S/C20H20O2/c1-2-3-5-14-18-19(15-10-6-4-7-11-15)20(21)16-12-8-9-13-17(16)22-18/h4,6-13H,2-3,5,14H2,1H3. The predicted molar refractivity (Wildman–Crippen MR) is 91.1 cm³/mol. The molecule has 0 aliphatic carbocycles. The zero-order valence-electron chi connectivity index (χ0n) is 12.8. The maximum absolute atomic E-state index is 12.9. The van der Waals surface area contributed by atoms with Gasteiger partial charge in [0.15, 0.2) is 0 Å². The second kappa shape index (κ2) is 6.61. The SMILES string of the molecule is CCCCCc1oc2ccccc2c(=O)c1-c1ccccc1. The lowest BCUT2D eigenvalue weighted by Crippen LogP contribution is -2.09. The Bertz CT molecular complexity index is 816. The highest BCUT2D eigenvalue weighted by Crippen LogP contribution is 2.25. The van der Waals surface area contributed by atoms with Crippen molar-refractivity contribution in [1.82, 2.24) is 0 Å². The Morgan fingerprint density at radius 3 is 2.41 bits per heavy atom. The fourth-order valence-electron chi connectivity index (χ4n) is 2.80. The topological polar surface area (TPSA) is 30.2 Å². The van der Waals surface area contributed by atoms with Gasteiger partial charge < -0.3 is 4.42 Å². The minimum absolute atomic E-state index is 0.0690. The van der Waals surface area contributed by atoms with Crippen LogP contribution in [0, 0.1) is 0 Å². The smallest absolute Gasteiger partial charge is 0.200 e. The number of aryl methyl sites for hydroxylation is 1. The number of hydrogen-bond acceptors (Lipinski definition) is 2. The molecule has 3 aromatic rings. The van der Waals surface area contributed by atoms with E-state index in [4.69, 9.17) is 4.42 Å². The lowest BCUT2D eigenvalue weighted by molar-refractivity contribution is 0.522. The molecule has 0 radical (unpaired) electrons. The molecule has 3 rings (SSSR count). The molecule has 0 N–H and O–H groups in total. The summed E-state index contributed by atoms with van der Waals surface area (Å²) in [5.74, 6) is 0.809. The first-order chi connectivity index (χ1) is 10.8. The monoisotopic (exact) mass is 292 g/mol. The molecule has 0 amide bonds. The summed E-state index contributed by atoms with van der Waals surface area (Å²) in [5, 5.41) is 0.653. The Morgan fingerprint density at radius 2 is 1.64 bits per heavy atom. The van der Waals surface area contributed by atoms with Gasteiger partial charge in [0.1, 0.15) is 11.3 Å². The van der Waals surface area contributed by atoms with Crippen LogP contribution in [0.3, 0.4) is 0 Å². The maximum atomic E-state index is 12.9. The lowest BCUT2D eigenvalue weighted by Gasteiger charge is -2.10. The third-order valence-electron chi connectivity index (χ3n) is 3.94. The van der Waals surface area contributed by atoms with Crippen molar-refractivity contribution in [2.24, 2.45) is 0 Å². The van der Waals surface area contributed by atoms with E-state index in [1.54, 1.807) is 0 Å². The summed E-state index contributed by atoms with van der Waals surface area (Å²) < 4.78 is 6.07. The number of fused-ring (bicyclic) bond motifs is 1. The molecule has 0 aliphatic rings. The van der Waals surface area contributed by atoms with Gasteiger partial charge in [0.25, 0.3) is 0 Å². The van der Waals surface area contributed by atoms with Crippen molar-refractivity contribution in [2.45, 2.75) is 32.6 Å². The van der Waals surface area contributed by atoms with E-state index < -0.39 is 0 Å². The van der Waals surface area contributed by atoms with E-state index in [0.29, 0.717) is 11.0 Å². The summed E-state index contributed by atoms with van der Waals surface area (Å²) in [7, 11) is 0.